The minimum Gasteiger partial charge on any atom is -0.462 e. The van der Waals surface area contributed by atoms with Crippen molar-refractivity contribution in [2.75, 3.05) is 24.2 Å². The quantitative estimate of drug-likeness (QED) is 0.454. The summed E-state index contributed by atoms with van der Waals surface area (Å²) < 4.78 is 4.90. The van der Waals surface area contributed by atoms with Crippen LogP contribution in [0.5, 0.6) is 0 Å². The van der Waals surface area contributed by atoms with Gasteiger partial charge in [0, 0.05) is 6.54 Å². The average molecular weight is 279 g/mol. The largest absolute Gasteiger partial charge is 0.462 e. The zero-order valence-corrected chi connectivity index (χ0v) is 12.1. The van der Waals surface area contributed by atoms with Gasteiger partial charge in [0.15, 0.2) is 0 Å². The number of nitrogens with two attached hydrogens (primary N) is 1. The number of carbonyl (C=O) groups excluding carboxylic acids is 1. The minimum absolute atomic E-state index is 0.326. The SMILES string of the molecule is CCOC(=O)c1ccc(NCCC(C)(C)N=O)c(N)c1. The summed E-state index contributed by atoms with van der Waals surface area (Å²) in [7, 11) is 0. The van der Waals surface area contributed by atoms with Crippen LogP contribution >= 0.6 is 0 Å². The van der Waals surface area contributed by atoms with Crippen LogP contribution in [0.1, 0.15) is 37.6 Å². The molecule has 0 unspecified atom stereocenters. The molecule has 0 aliphatic carbocycles. The highest BCUT2D eigenvalue weighted by Gasteiger charge is 2.17. The highest BCUT2D eigenvalue weighted by molar-refractivity contribution is 5.91. The first kappa shape index (κ1) is 15.9. The molecule has 1 aromatic rings. The van der Waals surface area contributed by atoms with Crippen molar-refractivity contribution >= 4 is 17.3 Å². The Bertz CT molecular complexity index is 487. The van der Waals surface area contributed by atoms with Crippen LogP contribution < -0.4 is 11.1 Å². The second-order valence-corrected chi connectivity index (χ2v) is 5.10. The Balaban J connectivity index is 2.65. The highest BCUT2D eigenvalue weighted by atomic mass is 16.5. The Kier molecular flexibility index (Phi) is 5.49. The molecular formula is C14H21N3O3. The Hall–Kier alpha value is -2.11. The van der Waals surface area contributed by atoms with E-state index in [0.717, 1.165) is 5.69 Å². The molecule has 0 bridgehead atoms. The average Bonchev–Trinajstić information content (AvgIpc) is 2.40. The first-order valence-corrected chi connectivity index (χ1v) is 6.54. The lowest BCUT2D eigenvalue weighted by Crippen LogP contribution is -2.20. The Morgan fingerprint density at radius 1 is 1.45 bits per heavy atom. The van der Waals surface area contributed by atoms with Gasteiger partial charge in [-0.15, -0.1) is 0 Å². The number of carbonyl (C=O) groups is 1. The third-order valence-corrected chi connectivity index (χ3v) is 2.86. The van der Waals surface area contributed by atoms with E-state index in [2.05, 4.69) is 10.5 Å². The molecule has 1 aromatic carbocycles. The fraction of sp³-hybridized carbons (Fsp3) is 0.500. The van der Waals surface area contributed by atoms with E-state index >= 15 is 0 Å². The number of esters is 1. The van der Waals surface area contributed by atoms with E-state index < -0.39 is 11.5 Å². The van der Waals surface area contributed by atoms with Crippen molar-refractivity contribution in [1.29, 1.82) is 0 Å². The number of hydrogen-bond donors (Lipinski definition) is 2. The van der Waals surface area contributed by atoms with Crippen molar-refractivity contribution in [1.82, 2.24) is 0 Å². The van der Waals surface area contributed by atoms with Gasteiger partial charge in [-0.25, -0.2) is 4.79 Å². The van der Waals surface area contributed by atoms with Crippen molar-refractivity contribution in [2.45, 2.75) is 32.7 Å². The molecule has 0 atom stereocenters. The number of benzene rings is 1. The number of anilines is 2. The number of rotatable bonds is 7. The molecule has 20 heavy (non-hydrogen) atoms. The summed E-state index contributed by atoms with van der Waals surface area (Å²) in [6.45, 7) is 6.19. The van der Waals surface area contributed by atoms with E-state index in [1.807, 2.05) is 0 Å². The molecule has 6 heteroatoms. The van der Waals surface area contributed by atoms with Gasteiger partial charge in [-0.05, 0) is 45.4 Å². The molecular weight excluding hydrogens is 258 g/mol. The van der Waals surface area contributed by atoms with E-state index in [1.54, 1.807) is 39.0 Å². The van der Waals surface area contributed by atoms with Gasteiger partial charge in [-0.1, -0.05) is 5.18 Å². The summed E-state index contributed by atoms with van der Waals surface area (Å²) >= 11 is 0. The molecule has 0 radical (unpaired) electrons. The van der Waals surface area contributed by atoms with Gasteiger partial charge in [0.05, 0.1) is 29.1 Å². The number of nitrogen functional groups attached to an aromatic ring is 1. The number of ether oxygens (including phenoxy) is 1. The summed E-state index contributed by atoms with van der Waals surface area (Å²) in [5, 5.41) is 6.17. The predicted octanol–water partition coefficient (Wildman–Crippen LogP) is 2.79. The molecule has 0 spiro atoms. The van der Waals surface area contributed by atoms with Crippen molar-refractivity contribution in [2.24, 2.45) is 5.18 Å². The molecule has 1 rings (SSSR count). The molecule has 0 aliphatic heterocycles. The van der Waals surface area contributed by atoms with Gasteiger partial charge >= 0.3 is 5.97 Å². The van der Waals surface area contributed by atoms with Gasteiger partial charge in [0.25, 0.3) is 0 Å². The van der Waals surface area contributed by atoms with Gasteiger partial charge in [0.2, 0.25) is 0 Å². The molecule has 110 valence electrons. The second-order valence-electron chi connectivity index (χ2n) is 5.10. The summed E-state index contributed by atoms with van der Waals surface area (Å²) in [4.78, 5) is 22.1. The van der Waals surface area contributed by atoms with Gasteiger partial charge < -0.3 is 15.8 Å². The lowest BCUT2D eigenvalue weighted by atomic mass is 10.0. The van der Waals surface area contributed by atoms with E-state index in [4.69, 9.17) is 10.5 Å². The highest BCUT2D eigenvalue weighted by Crippen LogP contribution is 2.21. The molecule has 0 amide bonds. The molecule has 0 heterocycles. The Labute approximate surface area is 118 Å². The maximum absolute atomic E-state index is 11.5. The van der Waals surface area contributed by atoms with E-state index in [9.17, 15) is 9.70 Å². The van der Waals surface area contributed by atoms with Crippen molar-refractivity contribution in [3.8, 4) is 0 Å². The van der Waals surface area contributed by atoms with Crippen LogP contribution in [0.25, 0.3) is 0 Å². The molecule has 6 nitrogen and oxygen atoms in total. The first-order chi connectivity index (χ1) is 9.39. The number of hydrogen-bond acceptors (Lipinski definition) is 6. The van der Waals surface area contributed by atoms with E-state index in [0.29, 0.717) is 30.8 Å². The van der Waals surface area contributed by atoms with Crippen molar-refractivity contribution < 1.29 is 9.53 Å². The topological polar surface area (TPSA) is 93.8 Å². The molecule has 0 aliphatic rings. The summed E-state index contributed by atoms with van der Waals surface area (Å²) in [5.41, 5.74) is 6.89. The normalized spacial score (nSPS) is 10.9. The Morgan fingerprint density at radius 3 is 2.70 bits per heavy atom. The first-order valence-electron chi connectivity index (χ1n) is 6.54. The zero-order valence-electron chi connectivity index (χ0n) is 12.1. The van der Waals surface area contributed by atoms with Crippen LogP contribution in [0, 0.1) is 4.91 Å². The van der Waals surface area contributed by atoms with Crippen LogP contribution in [0.15, 0.2) is 23.4 Å². The number of nitrogens with zero attached hydrogens (tertiary/aromatic N) is 1. The van der Waals surface area contributed by atoms with Crippen LogP contribution in [0.4, 0.5) is 11.4 Å². The smallest absolute Gasteiger partial charge is 0.338 e. The standard InChI is InChI=1S/C14H21N3O3/c1-4-20-13(18)10-5-6-12(11(15)9-10)16-8-7-14(2,3)17-19/h5-6,9,16H,4,7-8,15H2,1-3H3. The van der Waals surface area contributed by atoms with Crippen LogP contribution in [-0.4, -0.2) is 24.7 Å². The lowest BCUT2D eigenvalue weighted by molar-refractivity contribution is 0.0526. The van der Waals surface area contributed by atoms with Gasteiger partial charge in [0.1, 0.15) is 0 Å². The molecule has 0 saturated heterocycles. The minimum atomic E-state index is -0.605. The third-order valence-electron chi connectivity index (χ3n) is 2.86. The monoisotopic (exact) mass is 279 g/mol. The molecule has 0 aromatic heterocycles. The molecule has 0 saturated carbocycles. The van der Waals surface area contributed by atoms with Crippen LogP contribution in [0.3, 0.4) is 0 Å². The predicted molar refractivity (Wildman–Crippen MR) is 79.8 cm³/mol. The Morgan fingerprint density at radius 2 is 2.15 bits per heavy atom. The van der Waals surface area contributed by atoms with Gasteiger partial charge in [-0.3, -0.25) is 0 Å². The maximum atomic E-state index is 11.5. The van der Waals surface area contributed by atoms with E-state index in [1.165, 1.54) is 0 Å². The number of nitrogens with one attached hydrogen (secondary N) is 1. The third kappa shape index (κ3) is 4.53. The van der Waals surface area contributed by atoms with Gasteiger partial charge in [-0.2, -0.15) is 4.91 Å². The van der Waals surface area contributed by atoms with Crippen molar-refractivity contribution in [3.05, 3.63) is 28.7 Å². The summed E-state index contributed by atoms with van der Waals surface area (Å²) in [6.07, 6.45) is 0.593. The molecule has 0 fully saturated rings. The van der Waals surface area contributed by atoms with Crippen LogP contribution in [-0.2, 0) is 4.74 Å². The van der Waals surface area contributed by atoms with Crippen LogP contribution in [0.2, 0.25) is 0 Å². The van der Waals surface area contributed by atoms with Crippen molar-refractivity contribution in [3.63, 3.8) is 0 Å². The summed E-state index contributed by atoms with van der Waals surface area (Å²) in [5.74, 6) is -0.392. The van der Waals surface area contributed by atoms with E-state index in [-0.39, 0.29) is 0 Å². The zero-order chi connectivity index (χ0) is 15.2. The fourth-order valence-corrected chi connectivity index (χ4v) is 1.61. The second kappa shape index (κ2) is 6.88. The molecule has 3 N–H and O–H groups in total. The maximum Gasteiger partial charge on any atom is 0.338 e. The number of nitroso groups, excluding NO2 is 1. The fourth-order valence-electron chi connectivity index (χ4n) is 1.61. The lowest BCUT2D eigenvalue weighted by Gasteiger charge is -2.16. The summed E-state index contributed by atoms with van der Waals surface area (Å²) in [6, 6.07) is 4.95.